The van der Waals surface area contributed by atoms with Crippen LogP contribution in [0.2, 0.25) is 0 Å². The minimum Gasteiger partial charge on any atom is -0.467 e. The van der Waals surface area contributed by atoms with Crippen molar-refractivity contribution in [3.05, 3.63) is 78.0 Å². The maximum absolute atomic E-state index is 12.3. The van der Waals surface area contributed by atoms with Gasteiger partial charge in [0.25, 0.3) is 5.91 Å². The Morgan fingerprint density at radius 3 is 2.92 bits per heavy atom. The molecule has 0 aliphatic rings. The Labute approximate surface area is 146 Å². The third kappa shape index (κ3) is 5.06. The van der Waals surface area contributed by atoms with Crippen LogP contribution in [-0.4, -0.2) is 21.7 Å². The molecular weight excluding hydrogens is 316 g/mol. The number of nitrogens with one attached hydrogen (secondary N) is 2. The second-order valence-corrected chi connectivity index (χ2v) is 5.97. The largest absolute Gasteiger partial charge is 0.467 e. The van der Waals surface area contributed by atoms with E-state index in [0.29, 0.717) is 18.7 Å². The molecule has 1 atom stereocenters. The van der Waals surface area contributed by atoms with Crippen LogP contribution in [0.25, 0.3) is 0 Å². The van der Waals surface area contributed by atoms with Crippen molar-refractivity contribution in [2.24, 2.45) is 0 Å². The molecular formula is C19H22N4O2. The Hall–Kier alpha value is -2.86. The number of amides is 1. The van der Waals surface area contributed by atoms with Crippen molar-refractivity contribution in [3.63, 3.8) is 0 Å². The lowest BCUT2D eigenvalue weighted by Gasteiger charge is -2.14. The standard InChI is InChI=1S/C19H22N4O2/c1-15(14-23-9-4-8-22-23)20-12-16-5-2-6-17(11-16)19(24)21-13-18-7-3-10-25-18/h2-11,15,20H,12-14H2,1H3,(H,21,24)/t15-/m1/s1. The number of furan rings is 1. The molecule has 2 aromatic heterocycles. The lowest BCUT2D eigenvalue weighted by Crippen LogP contribution is -2.30. The molecule has 1 aromatic carbocycles. The fraction of sp³-hybridized carbons (Fsp3) is 0.263. The summed E-state index contributed by atoms with van der Waals surface area (Å²) in [5.41, 5.74) is 1.71. The number of benzene rings is 1. The first-order chi connectivity index (χ1) is 12.2. The van der Waals surface area contributed by atoms with E-state index in [0.717, 1.165) is 17.9 Å². The molecule has 0 radical (unpaired) electrons. The Kier molecular flexibility index (Phi) is 5.64. The molecule has 6 heteroatoms. The summed E-state index contributed by atoms with van der Waals surface area (Å²) in [5.74, 6) is 0.626. The van der Waals surface area contributed by atoms with E-state index in [1.54, 1.807) is 18.5 Å². The minimum absolute atomic E-state index is 0.108. The summed E-state index contributed by atoms with van der Waals surface area (Å²) in [5, 5.41) is 10.5. The van der Waals surface area contributed by atoms with Crippen LogP contribution in [0.4, 0.5) is 0 Å². The lowest BCUT2D eigenvalue weighted by molar-refractivity contribution is 0.0948. The van der Waals surface area contributed by atoms with E-state index in [1.165, 1.54) is 0 Å². The lowest BCUT2D eigenvalue weighted by atomic mass is 10.1. The van der Waals surface area contributed by atoms with Crippen LogP contribution in [0.3, 0.4) is 0 Å². The van der Waals surface area contributed by atoms with Gasteiger partial charge in [-0.05, 0) is 42.8 Å². The number of aromatic nitrogens is 2. The van der Waals surface area contributed by atoms with Gasteiger partial charge < -0.3 is 15.1 Å². The number of carbonyl (C=O) groups is 1. The monoisotopic (exact) mass is 338 g/mol. The smallest absolute Gasteiger partial charge is 0.251 e. The predicted octanol–water partition coefficient (Wildman–Crippen LogP) is 2.58. The third-order valence-corrected chi connectivity index (χ3v) is 3.87. The maximum atomic E-state index is 12.3. The zero-order chi connectivity index (χ0) is 17.5. The molecule has 0 spiro atoms. The van der Waals surface area contributed by atoms with E-state index in [2.05, 4.69) is 22.7 Å². The summed E-state index contributed by atoms with van der Waals surface area (Å²) in [6, 6.07) is 13.5. The Morgan fingerprint density at radius 2 is 2.16 bits per heavy atom. The van der Waals surface area contributed by atoms with Gasteiger partial charge in [-0.1, -0.05) is 12.1 Å². The summed E-state index contributed by atoms with van der Waals surface area (Å²) in [6.07, 6.45) is 5.32. The Bertz CT molecular complexity index is 782. The second-order valence-electron chi connectivity index (χ2n) is 5.97. The van der Waals surface area contributed by atoms with Crippen LogP contribution in [0.15, 0.2) is 65.5 Å². The van der Waals surface area contributed by atoms with E-state index in [-0.39, 0.29) is 11.9 Å². The first-order valence-electron chi connectivity index (χ1n) is 8.31. The molecule has 0 saturated heterocycles. The van der Waals surface area contributed by atoms with Crippen molar-refractivity contribution in [2.45, 2.75) is 32.6 Å². The summed E-state index contributed by atoms with van der Waals surface area (Å²) in [6.45, 7) is 3.99. The number of carbonyl (C=O) groups excluding carboxylic acids is 1. The summed E-state index contributed by atoms with van der Waals surface area (Å²) < 4.78 is 7.12. The molecule has 0 aliphatic heterocycles. The summed E-state index contributed by atoms with van der Waals surface area (Å²) in [7, 11) is 0. The van der Waals surface area contributed by atoms with E-state index < -0.39 is 0 Å². The van der Waals surface area contributed by atoms with Gasteiger partial charge in [-0.25, -0.2) is 0 Å². The van der Waals surface area contributed by atoms with Crippen molar-refractivity contribution in [3.8, 4) is 0 Å². The van der Waals surface area contributed by atoms with Crippen LogP contribution in [0.5, 0.6) is 0 Å². The molecule has 0 unspecified atom stereocenters. The number of hydrogen-bond donors (Lipinski definition) is 2. The van der Waals surface area contributed by atoms with Crippen LogP contribution < -0.4 is 10.6 Å². The van der Waals surface area contributed by atoms with Crippen LogP contribution >= 0.6 is 0 Å². The molecule has 0 fully saturated rings. The molecule has 0 bridgehead atoms. The normalized spacial score (nSPS) is 12.0. The third-order valence-electron chi connectivity index (χ3n) is 3.87. The molecule has 25 heavy (non-hydrogen) atoms. The first-order valence-corrected chi connectivity index (χ1v) is 8.31. The van der Waals surface area contributed by atoms with Gasteiger partial charge >= 0.3 is 0 Å². The van der Waals surface area contributed by atoms with E-state index in [4.69, 9.17) is 4.42 Å². The quantitative estimate of drug-likeness (QED) is 0.662. The molecule has 6 nitrogen and oxygen atoms in total. The topological polar surface area (TPSA) is 72.1 Å². The van der Waals surface area contributed by atoms with Gasteiger partial charge in [0.1, 0.15) is 5.76 Å². The maximum Gasteiger partial charge on any atom is 0.251 e. The van der Waals surface area contributed by atoms with Gasteiger partial charge in [0.15, 0.2) is 0 Å². The Balaban J connectivity index is 1.51. The van der Waals surface area contributed by atoms with Crippen LogP contribution in [-0.2, 0) is 19.6 Å². The zero-order valence-corrected chi connectivity index (χ0v) is 14.2. The zero-order valence-electron chi connectivity index (χ0n) is 14.2. The average Bonchev–Trinajstić information content (AvgIpc) is 3.32. The highest BCUT2D eigenvalue weighted by Crippen LogP contribution is 2.07. The Morgan fingerprint density at radius 1 is 1.24 bits per heavy atom. The van der Waals surface area contributed by atoms with Gasteiger partial charge in [-0.3, -0.25) is 9.48 Å². The highest BCUT2D eigenvalue weighted by Gasteiger charge is 2.08. The van der Waals surface area contributed by atoms with Crippen molar-refractivity contribution < 1.29 is 9.21 Å². The number of hydrogen-bond acceptors (Lipinski definition) is 4. The van der Waals surface area contributed by atoms with Gasteiger partial charge in [-0.2, -0.15) is 5.10 Å². The molecule has 3 aromatic rings. The van der Waals surface area contributed by atoms with Gasteiger partial charge in [0.05, 0.1) is 19.4 Å². The van der Waals surface area contributed by atoms with Crippen LogP contribution in [0.1, 0.15) is 28.6 Å². The van der Waals surface area contributed by atoms with Crippen molar-refractivity contribution in [2.75, 3.05) is 0 Å². The number of rotatable bonds is 8. The summed E-state index contributed by atoms with van der Waals surface area (Å²) >= 11 is 0. The van der Waals surface area contributed by atoms with E-state index in [1.807, 2.05) is 47.3 Å². The highest BCUT2D eigenvalue weighted by molar-refractivity contribution is 5.94. The molecule has 2 N–H and O–H groups in total. The molecule has 3 rings (SSSR count). The number of nitrogens with zero attached hydrogens (tertiary/aromatic N) is 2. The average molecular weight is 338 g/mol. The predicted molar refractivity (Wildman–Crippen MR) is 94.8 cm³/mol. The second kappa shape index (κ2) is 8.30. The fourth-order valence-electron chi connectivity index (χ4n) is 2.55. The SMILES string of the molecule is C[C@H](Cn1cccn1)NCc1cccc(C(=O)NCc2ccco2)c1. The fourth-order valence-corrected chi connectivity index (χ4v) is 2.55. The molecule has 0 aliphatic carbocycles. The van der Waals surface area contributed by atoms with E-state index >= 15 is 0 Å². The molecule has 2 heterocycles. The summed E-state index contributed by atoms with van der Waals surface area (Å²) in [4.78, 5) is 12.3. The van der Waals surface area contributed by atoms with Crippen LogP contribution in [0, 0.1) is 0 Å². The minimum atomic E-state index is -0.108. The first kappa shape index (κ1) is 17.0. The van der Waals surface area contributed by atoms with Gasteiger partial charge in [0, 0.05) is 30.5 Å². The van der Waals surface area contributed by atoms with Crippen molar-refractivity contribution >= 4 is 5.91 Å². The molecule has 1 amide bonds. The highest BCUT2D eigenvalue weighted by atomic mass is 16.3. The van der Waals surface area contributed by atoms with Gasteiger partial charge in [0.2, 0.25) is 0 Å². The molecule has 0 saturated carbocycles. The van der Waals surface area contributed by atoms with E-state index in [9.17, 15) is 4.79 Å². The van der Waals surface area contributed by atoms with Crippen molar-refractivity contribution in [1.29, 1.82) is 0 Å². The van der Waals surface area contributed by atoms with Gasteiger partial charge in [-0.15, -0.1) is 0 Å². The molecule has 130 valence electrons. The van der Waals surface area contributed by atoms with Crippen molar-refractivity contribution in [1.82, 2.24) is 20.4 Å².